The Labute approximate surface area is 154 Å². The molecule has 4 rings (SSSR count). The Balaban J connectivity index is 1.74. The maximum absolute atomic E-state index is 12.9. The van der Waals surface area contributed by atoms with E-state index >= 15 is 0 Å². The highest BCUT2D eigenvalue weighted by molar-refractivity contribution is 7.07. The van der Waals surface area contributed by atoms with Crippen molar-refractivity contribution < 1.29 is 14.3 Å². The molecule has 0 spiro atoms. The highest BCUT2D eigenvalue weighted by Crippen LogP contribution is 2.37. The third kappa shape index (κ3) is 2.88. The molecule has 1 aliphatic heterocycles. The summed E-state index contributed by atoms with van der Waals surface area (Å²) in [5.74, 6) is 0.256. The van der Waals surface area contributed by atoms with Crippen molar-refractivity contribution in [1.29, 1.82) is 0 Å². The smallest absolute Gasteiger partial charge is 0.265 e. The van der Waals surface area contributed by atoms with Gasteiger partial charge in [-0.3, -0.25) is 14.5 Å². The van der Waals surface area contributed by atoms with E-state index in [1.807, 2.05) is 41.8 Å². The van der Waals surface area contributed by atoms with Crippen molar-refractivity contribution in [3.8, 4) is 17.0 Å². The number of carbonyl (C=O) groups excluding carboxylic acids is 2. The summed E-state index contributed by atoms with van der Waals surface area (Å²) >= 11 is 1.50. The van der Waals surface area contributed by atoms with Crippen LogP contribution in [0.4, 0.5) is 5.69 Å². The summed E-state index contributed by atoms with van der Waals surface area (Å²) in [7, 11) is 0. The van der Waals surface area contributed by atoms with E-state index in [0.29, 0.717) is 17.0 Å². The molecule has 26 heavy (non-hydrogen) atoms. The molecule has 0 saturated heterocycles. The Morgan fingerprint density at radius 2 is 2.04 bits per heavy atom. The van der Waals surface area contributed by atoms with Crippen molar-refractivity contribution in [2.45, 2.75) is 13.0 Å². The molecular formula is C20H16N2O3S. The maximum Gasteiger partial charge on any atom is 0.265 e. The number of Topliss-reactive ketones (excluding diaryl/α,β-unsaturated/α-hetero) is 1. The minimum atomic E-state index is -0.627. The van der Waals surface area contributed by atoms with Crippen LogP contribution in [0, 0.1) is 0 Å². The van der Waals surface area contributed by atoms with Crippen LogP contribution in [0.1, 0.15) is 17.3 Å². The molecule has 0 radical (unpaired) electrons. The van der Waals surface area contributed by atoms with Gasteiger partial charge in [-0.15, -0.1) is 11.3 Å². The predicted molar refractivity (Wildman–Crippen MR) is 101 cm³/mol. The lowest BCUT2D eigenvalue weighted by Gasteiger charge is -2.33. The van der Waals surface area contributed by atoms with Gasteiger partial charge in [-0.05, 0) is 25.1 Å². The molecule has 5 nitrogen and oxygen atoms in total. The molecule has 0 fully saturated rings. The number of ether oxygens (including phenoxy) is 1. The third-order valence-electron chi connectivity index (χ3n) is 4.39. The summed E-state index contributed by atoms with van der Waals surface area (Å²) in [5.41, 5.74) is 4.65. The van der Waals surface area contributed by atoms with Crippen molar-refractivity contribution in [1.82, 2.24) is 4.98 Å². The average Bonchev–Trinajstić information content (AvgIpc) is 3.22. The standard InChI is InChI=1S/C20H16N2O3S/c1-13(20(24)14-5-3-2-4-6-14)22-17-9-15(16-11-26-12-21-16)7-8-18(17)25-10-19(22)23/h2-9,11-13H,10H2,1H3. The second-order valence-corrected chi connectivity index (χ2v) is 6.73. The number of rotatable bonds is 4. The van der Waals surface area contributed by atoms with Crippen LogP contribution in [0.5, 0.6) is 5.75 Å². The van der Waals surface area contributed by atoms with Crippen LogP contribution in [0.2, 0.25) is 0 Å². The number of amides is 1. The second-order valence-electron chi connectivity index (χ2n) is 6.01. The van der Waals surface area contributed by atoms with Crippen molar-refractivity contribution in [2.24, 2.45) is 0 Å². The zero-order valence-electron chi connectivity index (χ0n) is 14.1. The minimum absolute atomic E-state index is 0.0740. The van der Waals surface area contributed by atoms with E-state index < -0.39 is 6.04 Å². The van der Waals surface area contributed by atoms with Crippen LogP contribution < -0.4 is 9.64 Å². The van der Waals surface area contributed by atoms with Crippen LogP contribution in [0.25, 0.3) is 11.3 Å². The number of fused-ring (bicyclic) bond motifs is 1. The first-order valence-corrected chi connectivity index (χ1v) is 9.16. The Kier molecular flexibility index (Phi) is 4.26. The van der Waals surface area contributed by atoms with E-state index in [1.165, 1.54) is 16.2 Å². The minimum Gasteiger partial charge on any atom is -0.482 e. The summed E-state index contributed by atoms with van der Waals surface area (Å²) in [6.07, 6.45) is 0. The Bertz CT molecular complexity index is 954. The topological polar surface area (TPSA) is 59.5 Å². The molecular weight excluding hydrogens is 348 g/mol. The third-order valence-corrected chi connectivity index (χ3v) is 4.98. The lowest BCUT2D eigenvalue weighted by atomic mass is 10.0. The Morgan fingerprint density at radius 1 is 1.23 bits per heavy atom. The number of anilines is 1. The lowest BCUT2D eigenvalue weighted by molar-refractivity contribution is -0.121. The number of benzene rings is 2. The van der Waals surface area contributed by atoms with Gasteiger partial charge in [0.2, 0.25) is 0 Å². The van der Waals surface area contributed by atoms with Crippen LogP contribution in [0.15, 0.2) is 59.4 Å². The van der Waals surface area contributed by atoms with Crippen molar-refractivity contribution >= 4 is 28.7 Å². The second kappa shape index (κ2) is 6.72. The van der Waals surface area contributed by atoms with Gasteiger partial charge >= 0.3 is 0 Å². The molecule has 1 amide bonds. The molecule has 6 heteroatoms. The van der Waals surface area contributed by atoms with Gasteiger partial charge in [0.1, 0.15) is 5.75 Å². The number of nitrogens with zero attached hydrogens (tertiary/aromatic N) is 2. The lowest BCUT2D eigenvalue weighted by Crippen LogP contribution is -2.48. The van der Waals surface area contributed by atoms with Gasteiger partial charge in [-0.2, -0.15) is 0 Å². The van der Waals surface area contributed by atoms with E-state index in [2.05, 4.69) is 4.98 Å². The first-order valence-electron chi connectivity index (χ1n) is 8.22. The predicted octanol–water partition coefficient (Wildman–Crippen LogP) is 3.81. The SMILES string of the molecule is CC(C(=O)c1ccccc1)N1C(=O)COc2ccc(-c3cscn3)cc21. The number of aromatic nitrogens is 1. The quantitative estimate of drug-likeness (QED) is 0.661. The number of thiazole rings is 1. The van der Waals surface area contributed by atoms with Gasteiger partial charge in [-0.25, -0.2) is 4.98 Å². The Hall–Kier alpha value is -2.99. The average molecular weight is 364 g/mol. The summed E-state index contributed by atoms with van der Waals surface area (Å²) in [6.45, 7) is 1.67. The van der Waals surface area contributed by atoms with Gasteiger partial charge in [0.05, 0.1) is 22.9 Å². The van der Waals surface area contributed by atoms with E-state index in [1.54, 1.807) is 24.6 Å². The molecule has 1 aromatic heterocycles. The summed E-state index contributed by atoms with van der Waals surface area (Å²) in [4.78, 5) is 31.3. The summed E-state index contributed by atoms with van der Waals surface area (Å²) in [6, 6.07) is 14.0. The van der Waals surface area contributed by atoms with Gasteiger partial charge in [-0.1, -0.05) is 30.3 Å². The fraction of sp³-hybridized carbons (Fsp3) is 0.150. The van der Waals surface area contributed by atoms with Gasteiger partial charge in [0, 0.05) is 16.5 Å². The zero-order valence-corrected chi connectivity index (χ0v) is 14.9. The van der Waals surface area contributed by atoms with Crippen molar-refractivity contribution in [3.05, 3.63) is 65.0 Å². The number of carbonyl (C=O) groups is 2. The number of hydrogen-bond acceptors (Lipinski definition) is 5. The monoisotopic (exact) mass is 364 g/mol. The molecule has 130 valence electrons. The van der Waals surface area contributed by atoms with E-state index in [-0.39, 0.29) is 18.3 Å². The fourth-order valence-electron chi connectivity index (χ4n) is 3.07. The molecule has 2 heterocycles. The molecule has 0 N–H and O–H groups in total. The fourth-order valence-corrected chi connectivity index (χ4v) is 3.63. The normalized spacial score (nSPS) is 14.5. The highest BCUT2D eigenvalue weighted by atomic mass is 32.1. The van der Waals surface area contributed by atoms with Gasteiger partial charge in [0.15, 0.2) is 12.4 Å². The molecule has 1 atom stereocenters. The Morgan fingerprint density at radius 3 is 2.77 bits per heavy atom. The largest absolute Gasteiger partial charge is 0.482 e. The summed E-state index contributed by atoms with van der Waals surface area (Å²) < 4.78 is 5.55. The molecule has 1 unspecified atom stereocenters. The number of ketones is 1. The molecule has 0 aliphatic carbocycles. The zero-order chi connectivity index (χ0) is 18.1. The van der Waals surface area contributed by atoms with Crippen molar-refractivity contribution in [2.75, 3.05) is 11.5 Å². The molecule has 2 aromatic carbocycles. The highest BCUT2D eigenvalue weighted by Gasteiger charge is 2.33. The number of hydrogen-bond donors (Lipinski definition) is 0. The molecule has 3 aromatic rings. The first kappa shape index (κ1) is 16.5. The van der Waals surface area contributed by atoms with Crippen LogP contribution in [-0.2, 0) is 4.79 Å². The molecule has 0 bridgehead atoms. The molecule has 0 saturated carbocycles. The van der Waals surface area contributed by atoms with Gasteiger partial charge < -0.3 is 4.74 Å². The van der Waals surface area contributed by atoms with E-state index in [9.17, 15) is 9.59 Å². The van der Waals surface area contributed by atoms with E-state index in [4.69, 9.17) is 4.74 Å². The van der Waals surface area contributed by atoms with Crippen molar-refractivity contribution in [3.63, 3.8) is 0 Å². The van der Waals surface area contributed by atoms with Crippen LogP contribution in [0.3, 0.4) is 0 Å². The molecule has 1 aliphatic rings. The van der Waals surface area contributed by atoms with E-state index in [0.717, 1.165) is 11.3 Å². The maximum atomic E-state index is 12.9. The summed E-state index contributed by atoms with van der Waals surface area (Å²) in [5, 5.41) is 1.94. The van der Waals surface area contributed by atoms with Crippen LogP contribution in [-0.4, -0.2) is 29.3 Å². The van der Waals surface area contributed by atoms with Crippen LogP contribution >= 0.6 is 11.3 Å². The first-order chi connectivity index (χ1) is 12.6. The van der Waals surface area contributed by atoms with Gasteiger partial charge in [0.25, 0.3) is 5.91 Å².